The summed E-state index contributed by atoms with van der Waals surface area (Å²) in [5.74, 6) is -0.143. The molecule has 0 amide bonds. The van der Waals surface area contributed by atoms with Crippen LogP contribution in [-0.4, -0.2) is 18.2 Å². The molecule has 0 aliphatic carbocycles. The second kappa shape index (κ2) is 4.92. The van der Waals surface area contributed by atoms with E-state index in [1.165, 1.54) is 0 Å². The van der Waals surface area contributed by atoms with Crippen molar-refractivity contribution in [1.29, 1.82) is 0 Å². The highest BCUT2D eigenvalue weighted by atomic mass is 16.5. The molecule has 2 aromatic rings. The molecule has 2 rings (SSSR count). The zero-order chi connectivity index (χ0) is 13.1. The first-order valence-electron chi connectivity index (χ1n) is 5.58. The average Bonchev–Trinajstić information content (AvgIpc) is 2.37. The highest BCUT2D eigenvalue weighted by Gasteiger charge is 2.06. The Balaban J connectivity index is 2.33. The van der Waals surface area contributed by atoms with Crippen LogP contribution in [0.25, 0.3) is 10.8 Å². The number of benzene rings is 2. The quantitative estimate of drug-likeness (QED) is 0.838. The SMILES string of the molecule is C=C(Cc1ccc2cc(OC)ccc2c1)C(=O)O. The second-order valence-corrected chi connectivity index (χ2v) is 4.13. The summed E-state index contributed by atoms with van der Waals surface area (Å²) in [5, 5.41) is 10.9. The van der Waals surface area contributed by atoms with Crippen LogP contribution < -0.4 is 4.74 Å². The van der Waals surface area contributed by atoms with E-state index in [4.69, 9.17) is 9.84 Å². The van der Waals surface area contributed by atoms with Gasteiger partial charge in [-0.2, -0.15) is 0 Å². The summed E-state index contributed by atoms with van der Waals surface area (Å²) in [6.07, 6.45) is 0.358. The van der Waals surface area contributed by atoms with Gasteiger partial charge >= 0.3 is 5.97 Å². The summed E-state index contributed by atoms with van der Waals surface area (Å²) >= 11 is 0. The lowest BCUT2D eigenvalue weighted by molar-refractivity contribution is -0.132. The third-order valence-corrected chi connectivity index (χ3v) is 2.83. The smallest absolute Gasteiger partial charge is 0.331 e. The van der Waals surface area contributed by atoms with Crippen molar-refractivity contribution in [3.05, 3.63) is 54.1 Å². The predicted molar refractivity (Wildman–Crippen MR) is 71.0 cm³/mol. The maximum atomic E-state index is 10.7. The molecule has 0 aromatic heterocycles. The summed E-state index contributed by atoms with van der Waals surface area (Å²) < 4.78 is 5.16. The highest BCUT2D eigenvalue weighted by molar-refractivity contribution is 5.87. The fraction of sp³-hybridized carbons (Fsp3) is 0.133. The number of carboxylic acid groups (broad SMARTS) is 1. The van der Waals surface area contributed by atoms with Gasteiger partial charge in [0.1, 0.15) is 5.75 Å². The van der Waals surface area contributed by atoms with Gasteiger partial charge in [0.25, 0.3) is 0 Å². The highest BCUT2D eigenvalue weighted by Crippen LogP contribution is 2.22. The van der Waals surface area contributed by atoms with E-state index in [1.807, 2.05) is 36.4 Å². The van der Waals surface area contributed by atoms with Crippen LogP contribution in [0.15, 0.2) is 48.6 Å². The van der Waals surface area contributed by atoms with E-state index < -0.39 is 5.97 Å². The Labute approximate surface area is 105 Å². The van der Waals surface area contributed by atoms with Crippen LogP contribution in [0.1, 0.15) is 5.56 Å². The number of fused-ring (bicyclic) bond motifs is 1. The van der Waals surface area contributed by atoms with Crippen molar-refractivity contribution in [2.75, 3.05) is 7.11 Å². The zero-order valence-electron chi connectivity index (χ0n) is 10.1. The number of ether oxygens (including phenoxy) is 1. The molecule has 0 fully saturated rings. The van der Waals surface area contributed by atoms with Gasteiger partial charge in [0.15, 0.2) is 0 Å². The van der Waals surface area contributed by atoms with Gasteiger partial charge in [-0.1, -0.05) is 30.8 Å². The minimum absolute atomic E-state index is 0.197. The maximum absolute atomic E-state index is 10.7. The maximum Gasteiger partial charge on any atom is 0.331 e. The lowest BCUT2D eigenvalue weighted by Crippen LogP contribution is -2.01. The summed E-state index contributed by atoms with van der Waals surface area (Å²) in [6, 6.07) is 11.6. The van der Waals surface area contributed by atoms with Crippen molar-refractivity contribution in [3.63, 3.8) is 0 Å². The van der Waals surface area contributed by atoms with E-state index in [0.29, 0.717) is 6.42 Å². The van der Waals surface area contributed by atoms with Gasteiger partial charge in [0, 0.05) is 12.0 Å². The van der Waals surface area contributed by atoms with Crippen molar-refractivity contribution < 1.29 is 14.6 Å². The molecule has 18 heavy (non-hydrogen) atoms. The van der Waals surface area contributed by atoms with Crippen LogP contribution in [0.5, 0.6) is 5.75 Å². The fourth-order valence-electron chi connectivity index (χ4n) is 1.83. The van der Waals surface area contributed by atoms with Crippen LogP contribution >= 0.6 is 0 Å². The minimum atomic E-state index is -0.954. The Morgan fingerprint density at radius 1 is 1.22 bits per heavy atom. The van der Waals surface area contributed by atoms with Crippen LogP contribution in [0, 0.1) is 0 Å². The summed E-state index contributed by atoms with van der Waals surface area (Å²) in [5.41, 5.74) is 1.14. The number of carboxylic acids is 1. The van der Waals surface area contributed by atoms with Gasteiger partial charge in [-0.15, -0.1) is 0 Å². The van der Waals surface area contributed by atoms with Gasteiger partial charge in [0.2, 0.25) is 0 Å². The second-order valence-electron chi connectivity index (χ2n) is 4.13. The number of methoxy groups -OCH3 is 1. The molecule has 0 unspecified atom stereocenters. The zero-order valence-corrected chi connectivity index (χ0v) is 10.1. The Bertz CT molecular complexity index is 614. The normalized spacial score (nSPS) is 10.3. The number of hydrogen-bond acceptors (Lipinski definition) is 2. The largest absolute Gasteiger partial charge is 0.497 e. The molecule has 0 radical (unpaired) electrons. The molecule has 0 saturated carbocycles. The molecule has 0 atom stereocenters. The number of carbonyl (C=O) groups is 1. The van der Waals surface area contributed by atoms with E-state index in [2.05, 4.69) is 6.58 Å². The molecular weight excluding hydrogens is 228 g/mol. The van der Waals surface area contributed by atoms with E-state index in [-0.39, 0.29) is 5.57 Å². The van der Waals surface area contributed by atoms with Gasteiger partial charge < -0.3 is 9.84 Å². The number of aliphatic carboxylic acids is 1. The molecule has 0 saturated heterocycles. The van der Waals surface area contributed by atoms with Crippen LogP contribution in [0.4, 0.5) is 0 Å². The van der Waals surface area contributed by atoms with Gasteiger partial charge in [0.05, 0.1) is 7.11 Å². The Morgan fingerprint density at radius 3 is 2.56 bits per heavy atom. The first-order chi connectivity index (χ1) is 8.60. The van der Waals surface area contributed by atoms with E-state index in [1.54, 1.807) is 7.11 Å². The van der Waals surface area contributed by atoms with E-state index >= 15 is 0 Å². The van der Waals surface area contributed by atoms with Gasteiger partial charge in [-0.05, 0) is 28.5 Å². The lowest BCUT2D eigenvalue weighted by Gasteiger charge is -2.05. The lowest BCUT2D eigenvalue weighted by atomic mass is 10.0. The molecule has 1 N–H and O–H groups in total. The summed E-state index contributed by atoms with van der Waals surface area (Å²) in [4.78, 5) is 10.7. The third kappa shape index (κ3) is 2.51. The Kier molecular flexibility index (Phi) is 3.33. The molecule has 0 aliphatic rings. The van der Waals surface area contributed by atoms with Crippen LogP contribution in [0.3, 0.4) is 0 Å². The molecule has 3 nitrogen and oxygen atoms in total. The van der Waals surface area contributed by atoms with Gasteiger partial charge in [-0.25, -0.2) is 4.79 Å². The summed E-state index contributed by atoms with van der Waals surface area (Å²) in [7, 11) is 1.63. The van der Waals surface area contributed by atoms with Gasteiger partial charge in [-0.3, -0.25) is 0 Å². The Hall–Kier alpha value is -2.29. The number of rotatable bonds is 4. The molecule has 92 valence electrons. The molecule has 0 spiro atoms. The standard InChI is InChI=1S/C15H14O3/c1-10(15(16)17)7-11-3-4-13-9-14(18-2)6-5-12(13)8-11/h3-6,8-9H,1,7H2,2H3,(H,16,17). The van der Waals surface area contributed by atoms with Crippen molar-refractivity contribution in [2.45, 2.75) is 6.42 Å². The minimum Gasteiger partial charge on any atom is -0.497 e. The molecule has 2 aromatic carbocycles. The molecule has 3 heteroatoms. The van der Waals surface area contributed by atoms with Crippen molar-refractivity contribution >= 4 is 16.7 Å². The Morgan fingerprint density at radius 2 is 1.89 bits per heavy atom. The molecule has 0 bridgehead atoms. The molecule has 0 aliphatic heterocycles. The fourth-order valence-corrected chi connectivity index (χ4v) is 1.83. The predicted octanol–water partition coefficient (Wildman–Crippen LogP) is 3.03. The third-order valence-electron chi connectivity index (χ3n) is 2.83. The van der Waals surface area contributed by atoms with E-state index in [9.17, 15) is 4.79 Å². The molecule has 0 heterocycles. The first-order valence-corrected chi connectivity index (χ1v) is 5.58. The monoisotopic (exact) mass is 242 g/mol. The summed E-state index contributed by atoms with van der Waals surface area (Å²) in [6.45, 7) is 3.54. The van der Waals surface area contributed by atoms with E-state index in [0.717, 1.165) is 22.1 Å². The first kappa shape index (κ1) is 12.2. The topological polar surface area (TPSA) is 46.5 Å². The van der Waals surface area contributed by atoms with Crippen molar-refractivity contribution in [1.82, 2.24) is 0 Å². The van der Waals surface area contributed by atoms with Crippen LogP contribution in [0.2, 0.25) is 0 Å². The molecular formula is C15H14O3. The van der Waals surface area contributed by atoms with Crippen LogP contribution in [-0.2, 0) is 11.2 Å². The number of hydrogen-bond donors (Lipinski definition) is 1. The average molecular weight is 242 g/mol. The van der Waals surface area contributed by atoms with Crippen molar-refractivity contribution in [2.24, 2.45) is 0 Å². The van der Waals surface area contributed by atoms with Crippen molar-refractivity contribution in [3.8, 4) is 5.75 Å².